The average molecular weight is 234 g/mol. The molecular formula is C12H15BO4. The zero-order valence-electron chi connectivity index (χ0n) is 9.85. The van der Waals surface area contributed by atoms with Crippen LogP contribution in [0.1, 0.15) is 23.7 Å². The Labute approximate surface area is 101 Å². The van der Waals surface area contributed by atoms with Crippen LogP contribution in [0.3, 0.4) is 0 Å². The number of carbonyl (C=O) groups excluding carboxylic acids is 1. The highest BCUT2D eigenvalue weighted by Crippen LogP contribution is 2.05. The highest BCUT2D eigenvalue weighted by atomic mass is 16.6. The topological polar surface area (TPSA) is 44.8 Å². The van der Waals surface area contributed by atoms with E-state index in [-0.39, 0.29) is 13.1 Å². The summed E-state index contributed by atoms with van der Waals surface area (Å²) in [5.41, 5.74) is 1.48. The molecule has 5 heteroatoms. The molecule has 0 aromatic heterocycles. The Kier molecular flexibility index (Phi) is 4.17. The van der Waals surface area contributed by atoms with Gasteiger partial charge in [0.15, 0.2) is 0 Å². The van der Waals surface area contributed by atoms with Crippen molar-refractivity contribution in [1.82, 2.24) is 0 Å². The van der Waals surface area contributed by atoms with Gasteiger partial charge in [-0.1, -0.05) is 12.1 Å². The molecule has 0 spiro atoms. The molecule has 0 atom stereocenters. The largest absolute Gasteiger partial charge is 0.493 e. The van der Waals surface area contributed by atoms with Crippen LogP contribution >= 0.6 is 0 Å². The Morgan fingerprint density at radius 1 is 1.29 bits per heavy atom. The molecule has 0 radical (unpaired) electrons. The minimum Gasteiger partial charge on any atom is -0.462 e. The second-order valence-corrected chi connectivity index (χ2v) is 3.77. The van der Waals surface area contributed by atoms with Crippen molar-refractivity contribution < 1.29 is 18.8 Å². The van der Waals surface area contributed by atoms with E-state index < -0.39 is 0 Å². The average Bonchev–Trinajstić information content (AvgIpc) is 2.40. The summed E-state index contributed by atoms with van der Waals surface area (Å²) in [6, 6.07) is 7.13. The van der Waals surface area contributed by atoms with Gasteiger partial charge in [0.1, 0.15) is 0 Å². The maximum absolute atomic E-state index is 11.4. The van der Waals surface area contributed by atoms with Gasteiger partial charge in [0, 0.05) is 13.2 Å². The molecule has 1 saturated heterocycles. The van der Waals surface area contributed by atoms with Crippen molar-refractivity contribution in [3.63, 3.8) is 0 Å². The van der Waals surface area contributed by atoms with Crippen LogP contribution < -0.4 is 5.46 Å². The first-order valence-electron chi connectivity index (χ1n) is 5.81. The first-order valence-corrected chi connectivity index (χ1v) is 5.81. The van der Waals surface area contributed by atoms with E-state index in [2.05, 4.69) is 0 Å². The second-order valence-electron chi connectivity index (χ2n) is 3.77. The predicted molar refractivity (Wildman–Crippen MR) is 64.3 cm³/mol. The van der Waals surface area contributed by atoms with Gasteiger partial charge in [0.05, 0.1) is 12.2 Å². The molecule has 1 aromatic rings. The standard InChI is InChI=1S/C12H15BO4/c1-2-15-12(14)10-4-6-11(7-5-10)13-16-8-3-9-17-13/h4-7H,2-3,8-9H2,1H3. The van der Waals surface area contributed by atoms with Gasteiger partial charge < -0.3 is 14.0 Å². The third kappa shape index (κ3) is 3.08. The Morgan fingerprint density at radius 2 is 1.94 bits per heavy atom. The molecule has 0 N–H and O–H groups in total. The molecule has 90 valence electrons. The van der Waals surface area contributed by atoms with Crippen LogP contribution in [-0.4, -0.2) is 32.9 Å². The summed E-state index contributed by atoms with van der Waals surface area (Å²) in [6.07, 6.45) is 0.928. The van der Waals surface area contributed by atoms with Crippen LogP contribution in [0, 0.1) is 0 Å². The third-order valence-corrected chi connectivity index (χ3v) is 2.52. The number of hydrogen-bond acceptors (Lipinski definition) is 4. The van der Waals surface area contributed by atoms with Crippen molar-refractivity contribution in [3.8, 4) is 0 Å². The number of ether oxygens (including phenoxy) is 1. The minimum atomic E-state index is -0.306. The fraction of sp³-hybridized carbons (Fsp3) is 0.417. The molecule has 17 heavy (non-hydrogen) atoms. The molecule has 1 aromatic carbocycles. The zero-order chi connectivity index (χ0) is 12.1. The number of hydrogen-bond donors (Lipinski definition) is 0. The van der Waals surface area contributed by atoms with Gasteiger partial charge in [-0.25, -0.2) is 4.79 Å². The summed E-state index contributed by atoms with van der Waals surface area (Å²) in [7, 11) is -0.306. The Bertz CT molecular complexity index is 371. The fourth-order valence-corrected chi connectivity index (χ4v) is 1.67. The first-order chi connectivity index (χ1) is 8.31. The van der Waals surface area contributed by atoms with Crippen LogP contribution in [0.25, 0.3) is 0 Å². The maximum Gasteiger partial charge on any atom is 0.493 e. The van der Waals surface area contributed by atoms with E-state index in [0.29, 0.717) is 25.4 Å². The predicted octanol–water partition coefficient (Wildman–Crippen LogP) is 0.995. The molecule has 1 aliphatic rings. The first kappa shape index (κ1) is 12.1. The van der Waals surface area contributed by atoms with Gasteiger partial charge in [-0.2, -0.15) is 0 Å². The molecule has 0 amide bonds. The lowest BCUT2D eigenvalue weighted by Gasteiger charge is -2.19. The number of esters is 1. The van der Waals surface area contributed by atoms with E-state index >= 15 is 0 Å². The van der Waals surface area contributed by atoms with Gasteiger partial charge in [-0.05, 0) is 30.9 Å². The quantitative estimate of drug-likeness (QED) is 0.578. The Balaban J connectivity index is 2.04. The van der Waals surface area contributed by atoms with E-state index in [1.807, 2.05) is 12.1 Å². The molecular weight excluding hydrogens is 219 g/mol. The minimum absolute atomic E-state index is 0.301. The third-order valence-electron chi connectivity index (χ3n) is 2.52. The molecule has 0 bridgehead atoms. The van der Waals surface area contributed by atoms with Crippen LogP contribution in [0.15, 0.2) is 24.3 Å². The Hall–Kier alpha value is -1.33. The molecule has 2 rings (SSSR count). The number of rotatable bonds is 3. The molecule has 0 aliphatic carbocycles. The van der Waals surface area contributed by atoms with Crippen LogP contribution in [0.5, 0.6) is 0 Å². The van der Waals surface area contributed by atoms with Gasteiger partial charge in [0.2, 0.25) is 0 Å². The van der Waals surface area contributed by atoms with E-state index in [0.717, 1.165) is 11.9 Å². The highest BCUT2D eigenvalue weighted by Gasteiger charge is 2.24. The molecule has 1 aliphatic heterocycles. The lowest BCUT2D eigenvalue weighted by Crippen LogP contribution is -2.40. The van der Waals surface area contributed by atoms with Crippen molar-refractivity contribution in [2.75, 3.05) is 19.8 Å². The summed E-state index contributed by atoms with van der Waals surface area (Å²) in [4.78, 5) is 11.4. The summed E-state index contributed by atoms with van der Waals surface area (Å²) < 4.78 is 15.9. The van der Waals surface area contributed by atoms with E-state index in [4.69, 9.17) is 14.0 Å². The monoisotopic (exact) mass is 234 g/mol. The molecule has 1 fully saturated rings. The van der Waals surface area contributed by atoms with Crippen molar-refractivity contribution in [2.24, 2.45) is 0 Å². The van der Waals surface area contributed by atoms with E-state index in [1.165, 1.54) is 0 Å². The summed E-state index contributed by atoms with van der Waals surface area (Å²) in [6.45, 7) is 3.60. The smallest absolute Gasteiger partial charge is 0.462 e. The maximum atomic E-state index is 11.4. The van der Waals surface area contributed by atoms with Crippen molar-refractivity contribution in [1.29, 1.82) is 0 Å². The summed E-state index contributed by atoms with van der Waals surface area (Å²) in [5, 5.41) is 0. The zero-order valence-corrected chi connectivity index (χ0v) is 9.85. The molecule has 0 unspecified atom stereocenters. The second kappa shape index (κ2) is 5.84. The summed E-state index contributed by atoms with van der Waals surface area (Å²) >= 11 is 0. The fourth-order valence-electron chi connectivity index (χ4n) is 1.67. The Morgan fingerprint density at radius 3 is 2.53 bits per heavy atom. The van der Waals surface area contributed by atoms with Gasteiger partial charge in [-0.3, -0.25) is 0 Å². The summed E-state index contributed by atoms with van der Waals surface area (Å²) in [5.74, 6) is -0.301. The lowest BCUT2D eigenvalue weighted by atomic mass is 9.78. The molecule has 1 heterocycles. The van der Waals surface area contributed by atoms with E-state index in [9.17, 15) is 4.79 Å². The molecule has 0 saturated carbocycles. The van der Waals surface area contributed by atoms with Crippen molar-refractivity contribution in [3.05, 3.63) is 29.8 Å². The van der Waals surface area contributed by atoms with Gasteiger partial charge in [-0.15, -0.1) is 0 Å². The van der Waals surface area contributed by atoms with Crippen molar-refractivity contribution in [2.45, 2.75) is 13.3 Å². The van der Waals surface area contributed by atoms with Gasteiger partial charge >= 0.3 is 13.1 Å². The highest BCUT2D eigenvalue weighted by molar-refractivity contribution is 6.61. The number of benzene rings is 1. The van der Waals surface area contributed by atoms with Gasteiger partial charge in [0.25, 0.3) is 0 Å². The lowest BCUT2D eigenvalue weighted by molar-refractivity contribution is 0.0526. The SMILES string of the molecule is CCOC(=O)c1ccc(B2OCCCO2)cc1. The van der Waals surface area contributed by atoms with Crippen LogP contribution in [0.4, 0.5) is 0 Å². The van der Waals surface area contributed by atoms with Crippen LogP contribution in [0.2, 0.25) is 0 Å². The normalized spacial score (nSPS) is 15.7. The van der Waals surface area contributed by atoms with Crippen LogP contribution in [-0.2, 0) is 14.0 Å². The number of carbonyl (C=O) groups is 1. The van der Waals surface area contributed by atoms with Crippen molar-refractivity contribution >= 4 is 18.6 Å². The molecule has 4 nitrogen and oxygen atoms in total. The van der Waals surface area contributed by atoms with E-state index in [1.54, 1.807) is 19.1 Å².